The quantitative estimate of drug-likeness (QED) is 0.00472. The summed E-state index contributed by atoms with van der Waals surface area (Å²) in [6, 6.07) is 13.4. The summed E-state index contributed by atoms with van der Waals surface area (Å²) in [5.41, 5.74) is -0.674. The number of aliphatic carboxylic acids is 1. The molecular weight excluding hydrogens is 1900 g/mol. The number of carbonyl (C=O) groups is 14. The first-order chi connectivity index (χ1) is 67.1. The van der Waals surface area contributed by atoms with Crippen LogP contribution in [0.5, 0.6) is 46.0 Å². The number of ketones is 9. The van der Waals surface area contributed by atoms with Crippen LogP contribution in [0.1, 0.15) is 240 Å². The van der Waals surface area contributed by atoms with Gasteiger partial charge in [-0.3, -0.25) is 78.0 Å². The van der Waals surface area contributed by atoms with E-state index in [1.54, 1.807) is 6.92 Å². The van der Waals surface area contributed by atoms with Gasteiger partial charge in [-0.05, 0) is 80.8 Å². The van der Waals surface area contributed by atoms with Crippen molar-refractivity contribution in [3.05, 3.63) is 150 Å². The van der Waals surface area contributed by atoms with Crippen molar-refractivity contribution < 1.29 is 209 Å². The summed E-state index contributed by atoms with van der Waals surface area (Å²) in [7, 11) is 2.61. The molecule has 0 aromatic heterocycles. The number of aliphatic hydroxyl groups excluding tert-OH is 6. The van der Waals surface area contributed by atoms with Gasteiger partial charge in [0.25, 0.3) is 11.8 Å². The summed E-state index contributed by atoms with van der Waals surface area (Å²) in [6.45, 7) is 0.229. The van der Waals surface area contributed by atoms with E-state index < -0.39 is 246 Å². The van der Waals surface area contributed by atoms with Crippen LogP contribution in [0.25, 0.3) is 0 Å². The molecule has 0 radical (unpaired) electrons. The van der Waals surface area contributed by atoms with Crippen molar-refractivity contribution in [1.82, 2.24) is 10.9 Å². The van der Waals surface area contributed by atoms with Crippen LogP contribution in [0.4, 0.5) is 11.4 Å². The number of hydrogen-bond acceptors (Lipinski definition) is 40. The Morgan fingerprint density at radius 2 is 0.852 bits per heavy atom. The number of carbonyl (C=O) groups excluding carboxylic acids is 13. The third kappa shape index (κ3) is 26.2. The number of carboxylic acids is 1. The summed E-state index contributed by atoms with van der Waals surface area (Å²) >= 11 is 0. The van der Waals surface area contributed by atoms with Gasteiger partial charge in [0, 0.05) is 135 Å². The Morgan fingerprint density at radius 1 is 0.472 bits per heavy atom. The first-order valence-corrected chi connectivity index (χ1v) is 45.0. The minimum Gasteiger partial charge on any atom is -1.00 e. The Hall–Kier alpha value is -12.4. The monoisotopic (exact) mass is 2010 g/mol. The highest BCUT2D eigenvalue weighted by atomic mass is 35.5. The highest BCUT2D eigenvalue weighted by Crippen LogP contribution is 2.55. The number of anilines is 2. The van der Waals surface area contributed by atoms with Gasteiger partial charge in [-0.25, -0.2) is 11.7 Å². The number of hydrazine groups is 2. The van der Waals surface area contributed by atoms with E-state index in [0.717, 1.165) is 0 Å². The van der Waals surface area contributed by atoms with Crippen LogP contribution < -0.4 is 60.8 Å². The lowest BCUT2D eigenvalue weighted by molar-refractivity contribution is -0.466. The van der Waals surface area contributed by atoms with Crippen molar-refractivity contribution >= 4 is 93.0 Å². The SMILES string of the molecule is COc1ccc(NC(=O)COCCOCCCC(=O)CCCC(=O)C[C@H]2CC(O[C@@H]3C[C@](O)(C(=O)CO)Cc4c(O)c5c(c(O)c43)C(=O)c3c(CO)cccc3C5=O)O[C@@H](C)[C@H]2O)c(O)c1C(=O)NN.COc1ccc(NC(=O)COCCOCCCC(=O)CCCC(=O)O)c(O)c1C(=O)NN.C[C@@H]1OC(O[C@@H]2C[C@](O)(C(=O)CO)Cc3c(O)c4c(c(O)c32)C(=O)c2c(CO)cccc2C4=O)C[C@H]([NH3+])[C@@H]1O.[Cl-]. The first kappa shape index (κ1) is 113. The van der Waals surface area contributed by atoms with Gasteiger partial charge in [-0.2, -0.15) is 0 Å². The molecule has 26 N–H and O–H groups in total. The van der Waals surface area contributed by atoms with Crippen LogP contribution in [0.15, 0.2) is 60.7 Å². The number of hydrogen-bond donors (Lipinski definition) is 22. The summed E-state index contributed by atoms with van der Waals surface area (Å²) in [4.78, 5) is 176. The molecule has 6 aromatic rings. The molecule has 2 saturated heterocycles. The van der Waals surface area contributed by atoms with Crippen LogP contribution in [0.2, 0.25) is 0 Å². The predicted molar refractivity (Wildman–Crippen MR) is 483 cm³/mol. The molecule has 2 aliphatic heterocycles. The fourth-order valence-corrected chi connectivity index (χ4v) is 17.7. The van der Waals surface area contributed by atoms with E-state index in [1.807, 2.05) is 10.9 Å². The molecule has 6 aliphatic rings. The molecule has 4 amide bonds. The number of rotatable bonds is 44. The number of fused-ring (bicyclic) bond motifs is 6. The van der Waals surface area contributed by atoms with Gasteiger partial charge < -0.3 is 153 Å². The molecule has 4 aliphatic carbocycles. The molecule has 12 rings (SSSR count). The van der Waals surface area contributed by atoms with E-state index in [0.29, 0.717) is 32.3 Å². The number of quaternary nitrogens is 1. The summed E-state index contributed by atoms with van der Waals surface area (Å²) < 4.78 is 55.3. The van der Waals surface area contributed by atoms with Crippen molar-refractivity contribution in [1.29, 1.82) is 0 Å². The standard InChI is InChI=1S/C48H57N3O19.C27H29NO11.C20H29N3O9.ClH/c1-23-41(58)25(16-27(55)8-4-7-26(54)9-5-13-67-14-15-68-22-34(57)50-30-11-12-31(66-2)38(44(30)61)47(64)51-49)17-35(69-23)70-32-19-48(65,33(56)21-53)18-29-37(32)46(63)40-39(43(29)60)42(59)28-10-3-6-24(20-52)36(28)45(40)62;1-10-22(32)14(28)5-17(38-10)39-15-7-27(37,16(31)9-30)6-13-19(15)26(36)21-20(24(13)34)23(33)12-4-2-3-11(8-29)18(12)25(21)35;1-30-15-8-7-14(19(28)18(15)20(29)23-21)22-16(25)12-32-11-10-31-9-3-5-13(24)4-2-6-17(26)27;/h3,6,10-12,23,25,32,35,41,52-53,58,60-61,63,65H,4-5,7-9,13-22,49H2,1-2H3,(H,50,57)(H,51,64);2-4,10,14-15,17,22,29-30,32,34,36-37H,5-9,28H2,1H3;7-8,28H,2-6,9-12,21H2,1H3,(H,22,25)(H,23,29)(H,26,27);1H/t23-,25-,32+,35?,41+,48-;10-,14-,15+,17?,22+,27-;;/m00../s1. The maximum Gasteiger partial charge on any atom is 0.303 e. The molecule has 0 spiro atoms. The maximum absolute atomic E-state index is 14.0. The molecule has 12 atom stereocenters. The van der Waals surface area contributed by atoms with Crippen LogP contribution in [-0.4, -0.2) is 293 Å². The van der Waals surface area contributed by atoms with Gasteiger partial charge in [-0.15, -0.1) is 0 Å². The number of halogens is 1. The number of methoxy groups -OCH3 is 2. The molecule has 2 heterocycles. The van der Waals surface area contributed by atoms with Gasteiger partial charge in [0.1, 0.15) is 113 Å². The maximum atomic E-state index is 14.0. The minimum atomic E-state index is -2.38. The zero-order chi connectivity index (χ0) is 103. The highest BCUT2D eigenvalue weighted by molar-refractivity contribution is 6.32. The van der Waals surface area contributed by atoms with E-state index in [1.165, 1.54) is 81.8 Å². The number of phenols is 6. The lowest BCUT2D eigenvalue weighted by Gasteiger charge is -2.42. The molecule has 0 bridgehead atoms. The van der Waals surface area contributed by atoms with Crippen LogP contribution in [-0.2, 0) is 102 Å². The Bertz CT molecular complexity index is 5720. The number of Topliss-reactive ketones (excluding diaryl/α,β-unsaturated/α-hetero) is 5. The van der Waals surface area contributed by atoms with E-state index in [9.17, 15) is 139 Å². The molecule has 6 aromatic carbocycles. The second-order valence-corrected chi connectivity index (χ2v) is 34.3. The number of amides is 4. The zero-order valence-corrected chi connectivity index (χ0v) is 78.6. The normalized spacial score (nSPS) is 21.2. The number of aromatic hydroxyl groups is 6. The van der Waals surface area contributed by atoms with Crippen LogP contribution >= 0.6 is 0 Å². The fourth-order valence-electron chi connectivity index (χ4n) is 17.7. The van der Waals surface area contributed by atoms with Crippen molar-refractivity contribution in [2.75, 3.05) is 90.9 Å². The average molecular weight is 2020 g/mol. The smallest absolute Gasteiger partial charge is 0.303 e. The average Bonchev–Trinajstić information content (AvgIpc) is 0.711. The predicted octanol–water partition coefficient (Wildman–Crippen LogP) is -2.41. The van der Waals surface area contributed by atoms with E-state index >= 15 is 0 Å². The third-order valence-corrected chi connectivity index (χ3v) is 24.8. The molecule has 0 saturated carbocycles. The summed E-state index contributed by atoms with van der Waals surface area (Å²) in [6.07, 6.45) is -8.74. The summed E-state index contributed by atoms with van der Waals surface area (Å²) in [5.74, 6) is -3.74. The van der Waals surface area contributed by atoms with Crippen molar-refractivity contribution in [2.45, 2.75) is 203 Å². The molecule has 772 valence electrons. The Balaban J connectivity index is 0.000000263. The number of benzene rings is 6. The second kappa shape index (κ2) is 51.0. The molecule has 47 heteroatoms. The number of ether oxygens (including phenoxy) is 10. The van der Waals surface area contributed by atoms with Crippen molar-refractivity contribution in [3.8, 4) is 46.0 Å². The molecule has 2 fully saturated rings. The summed E-state index contributed by atoms with van der Waals surface area (Å²) in [5, 5.41) is 163. The van der Waals surface area contributed by atoms with Crippen molar-refractivity contribution in [3.63, 3.8) is 0 Å². The number of nitrogens with one attached hydrogen (secondary N) is 4. The molecule has 46 nitrogen and oxygen atoms in total. The number of carboxylic acid groups (broad SMARTS) is 1. The van der Waals surface area contributed by atoms with Crippen LogP contribution in [0, 0.1) is 5.92 Å². The zero-order valence-electron chi connectivity index (χ0n) is 77.8. The Morgan fingerprint density at radius 3 is 1.24 bits per heavy atom. The number of nitrogen functional groups attached to an aromatic ring is 2. The van der Waals surface area contributed by atoms with Gasteiger partial charge in [-0.1, -0.05) is 36.4 Å². The third-order valence-electron chi connectivity index (χ3n) is 24.8. The van der Waals surface area contributed by atoms with Gasteiger partial charge in [0.15, 0.2) is 58.8 Å². The Labute approximate surface area is 816 Å². The van der Waals surface area contributed by atoms with Gasteiger partial charge in [0.2, 0.25) is 11.8 Å². The number of aliphatic hydroxyl groups is 8. The largest absolute Gasteiger partial charge is 1.00 e. The minimum absolute atomic E-state index is 0. The van der Waals surface area contributed by atoms with Gasteiger partial charge >= 0.3 is 5.97 Å². The number of nitrogens with two attached hydrogens (primary N) is 2. The van der Waals surface area contributed by atoms with E-state index in [4.69, 9.17) is 64.2 Å². The van der Waals surface area contributed by atoms with Crippen LogP contribution in [0.3, 0.4) is 0 Å². The lowest BCUT2D eigenvalue weighted by atomic mass is 9.71. The molecule has 142 heavy (non-hydrogen) atoms. The second-order valence-electron chi connectivity index (χ2n) is 34.3. The van der Waals surface area contributed by atoms with Crippen molar-refractivity contribution in [2.24, 2.45) is 17.6 Å². The highest BCUT2D eigenvalue weighted by Gasteiger charge is 2.54. The lowest BCUT2D eigenvalue weighted by Crippen LogP contribution is -3.00. The number of phenolic OH excluding ortho intramolecular Hbond substituents is 6. The first-order valence-electron chi connectivity index (χ1n) is 45.0. The van der Waals surface area contributed by atoms with Gasteiger partial charge in [0.05, 0.1) is 124 Å². The fraction of sp³-hybridized carbons (Fsp3) is 0.474. The molecule has 2 unspecified atom stereocenters. The van der Waals surface area contributed by atoms with E-state index in [-0.39, 0.29) is 223 Å². The topological polar surface area (TPSA) is 763 Å². The molecular formula is C95H116ClN7O39. The van der Waals surface area contributed by atoms with E-state index in [2.05, 4.69) is 16.4 Å². The Kier molecular flexibility index (Phi) is 40.7.